The van der Waals surface area contributed by atoms with Crippen LogP contribution in [0.25, 0.3) is 0 Å². The molecule has 1 N–H and O–H groups in total. The predicted molar refractivity (Wildman–Crippen MR) is 38.0 cm³/mol. The fourth-order valence-corrected chi connectivity index (χ4v) is 0.568. The summed E-state index contributed by atoms with van der Waals surface area (Å²) >= 11 is 0. The Morgan fingerprint density at radius 3 is 2.22 bits per heavy atom. The van der Waals surface area contributed by atoms with Crippen LogP contribution in [0.3, 0.4) is 0 Å². The predicted octanol–water partition coefficient (Wildman–Crippen LogP) is -1.21. The third-order valence-corrected chi connectivity index (χ3v) is 1.08. The van der Waals surface area contributed by atoms with Crippen LogP contribution < -0.4 is 17.7 Å². The summed E-state index contributed by atoms with van der Waals surface area (Å²) in [5.41, 5.74) is 0. The van der Waals surface area contributed by atoms with Crippen LogP contribution in [-0.4, -0.2) is 12.6 Å². The standard InChI is InChI=1S/C7H17N.ClH/c1-4-5-6-8-7(2)3;/h7-8H,4-6H2,1-3H3;1H/p-1. The number of hydrogen-bond acceptors (Lipinski definition) is 1. The van der Waals surface area contributed by atoms with Gasteiger partial charge in [0.1, 0.15) is 0 Å². The quantitative estimate of drug-likeness (QED) is 0.496. The lowest BCUT2D eigenvalue weighted by Gasteiger charge is -2.05. The molecule has 0 aromatic rings. The smallest absolute Gasteiger partial charge is 0.00103 e. The normalized spacial score (nSPS) is 9.33. The van der Waals surface area contributed by atoms with Gasteiger partial charge in [-0.25, -0.2) is 0 Å². The first-order valence-corrected chi connectivity index (χ1v) is 3.50. The van der Waals surface area contributed by atoms with E-state index in [4.69, 9.17) is 0 Å². The fraction of sp³-hybridized carbons (Fsp3) is 1.00. The highest BCUT2D eigenvalue weighted by atomic mass is 35.5. The molecule has 0 aliphatic heterocycles. The van der Waals surface area contributed by atoms with Crippen molar-refractivity contribution in [3.05, 3.63) is 0 Å². The molecule has 0 rings (SSSR count). The number of nitrogens with one attached hydrogen (secondary N) is 1. The van der Waals surface area contributed by atoms with Gasteiger partial charge in [0.05, 0.1) is 0 Å². The lowest BCUT2D eigenvalue weighted by molar-refractivity contribution is -0.00000213. The topological polar surface area (TPSA) is 12.0 Å². The average molecular weight is 151 g/mol. The van der Waals surface area contributed by atoms with Crippen molar-refractivity contribution in [2.24, 2.45) is 0 Å². The van der Waals surface area contributed by atoms with Crippen LogP contribution in [0.2, 0.25) is 0 Å². The summed E-state index contributed by atoms with van der Waals surface area (Å²) in [6, 6.07) is 0.654. The molecule has 0 amide bonds. The summed E-state index contributed by atoms with van der Waals surface area (Å²) in [6.45, 7) is 7.74. The monoisotopic (exact) mass is 150 g/mol. The Hall–Kier alpha value is 0.250. The molecule has 1 nitrogen and oxygen atoms in total. The van der Waals surface area contributed by atoms with Crippen molar-refractivity contribution in [1.29, 1.82) is 0 Å². The molecule has 0 spiro atoms. The van der Waals surface area contributed by atoms with E-state index in [1.807, 2.05) is 0 Å². The van der Waals surface area contributed by atoms with Gasteiger partial charge in [0, 0.05) is 6.04 Å². The van der Waals surface area contributed by atoms with Gasteiger partial charge < -0.3 is 17.7 Å². The molecular formula is C7H17ClN-. The summed E-state index contributed by atoms with van der Waals surface area (Å²) in [4.78, 5) is 0. The van der Waals surface area contributed by atoms with Crippen molar-refractivity contribution < 1.29 is 12.4 Å². The Balaban J connectivity index is 0. The van der Waals surface area contributed by atoms with Gasteiger partial charge in [-0.1, -0.05) is 27.2 Å². The van der Waals surface area contributed by atoms with Gasteiger partial charge in [-0.2, -0.15) is 0 Å². The first-order chi connectivity index (χ1) is 3.77. The third-order valence-electron chi connectivity index (χ3n) is 1.08. The van der Waals surface area contributed by atoms with Crippen molar-refractivity contribution in [3.8, 4) is 0 Å². The van der Waals surface area contributed by atoms with Crippen LogP contribution in [-0.2, 0) is 0 Å². The molecule has 0 aromatic carbocycles. The zero-order chi connectivity index (χ0) is 6.41. The van der Waals surface area contributed by atoms with Crippen LogP contribution in [0.1, 0.15) is 33.6 Å². The second kappa shape index (κ2) is 8.25. The Morgan fingerprint density at radius 1 is 1.33 bits per heavy atom. The minimum atomic E-state index is 0. The Kier molecular flexibility index (Phi) is 11.0. The van der Waals surface area contributed by atoms with E-state index in [9.17, 15) is 0 Å². The van der Waals surface area contributed by atoms with Gasteiger partial charge in [0.25, 0.3) is 0 Å². The highest BCUT2D eigenvalue weighted by Crippen LogP contribution is 1.83. The van der Waals surface area contributed by atoms with Gasteiger partial charge in [-0.05, 0) is 13.0 Å². The molecule has 0 aliphatic rings. The van der Waals surface area contributed by atoms with Gasteiger partial charge >= 0.3 is 0 Å². The van der Waals surface area contributed by atoms with E-state index >= 15 is 0 Å². The number of rotatable bonds is 4. The minimum absolute atomic E-state index is 0. The largest absolute Gasteiger partial charge is 1.00 e. The molecule has 0 fully saturated rings. The highest BCUT2D eigenvalue weighted by molar-refractivity contribution is 4.50. The average Bonchev–Trinajstić information content (AvgIpc) is 1.66. The van der Waals surface area contributed by atoms with Crippen molar-refractivity contribution in [2.45, 2.75) is 39.7 Å². The first-order valence-electron chi connectivity index (χ1n) is 3.50. The molecule has 0 radical (unpaired) electrons. The summed E-state index contributed by atoms with van der Waals surface area (Å²) in [5, 5.41) is 3.35. The molecule has 0 saturated heterocycles. The van der Waals surface area contributed by atoms with Gasteiger partial charge in [0.15, 0.2) is 0 Å². The molecular weight excluding hydrogens is 134 g/mol. The SMILES string of the molecule is CCCCNC(C)C.[Cl-]. The van der Waals surface area contributed by atoms with E-state index in [-0.39, 0.29) is 12.4 Å². The summed E-state index contributed by atoms with van der Waals surface area (Å²) in [6.07, 6.45) is 2.60. The van der Waals surface area contributed by atoms with Crippen LogP contribution in [0.4, 0.5) is 0 Å². The lowest BCUT2D eigenvalue weighted by Crippen LogP contribution is -3.00. The van der Waals surface area contributed by atoms with Crippen LogP contribution >= 0.6 is 0 Å². The van der Waals surface area contributed by atoms with Gasteiger partial charge in [0.2, 0.25) is 0 Å². The maximum atomic E-state index is 3.35. The second-order valence-electron chi connectivity index (χ2n) is 2.46. The third kappa shape index (κ3) is 11.7. The zero-order valence-corrected chi connectivity index (χ0v) is 7.33. The molecule has 58 valence electrons. The summed E-state index contributed by atoms with van der Waals surface area (Å²) < 4.78 is 0. The Labute approximate surface area is 64.6 Å². The molecule has 2 heteroatoms. The molecule has 0 aromatic heterocycles. The van der Waals surface area contributed by atoms with Crippen molar-refractivity contribution in [3.63, 3.8) is 0 Å². The Morgan fingerprint density at radius 2 is 1.89 bits per heavy atom. The van der Waals surface area contributed by atoms with E-state index in [1.165, 1.54) is 19.4 Å². The van der Waals surface area contributed by atoms with Gasteiger partial charge in [-0.15, -0.1) is 0 Å². The first kappa shape index (κ1) is 12.0. The zero-order valence-electron chi connectivity index (χ0n) is 6.58. The fourth-order valence-electron chi connectivity index (χ4n) is 0.568. The molecule has 0 saturated carbocycles. The van der Waals surface area contributed by atoms with E-state index in [2.05, 4.69) is 26.1 Å². The summed E-state index contributed by atoms with van der Waals surface area (Å²) in [5.74, 6) is 0. The van der Waals surface area contributed by atoms with Crippen LogP contribution in [0, 0.1) is 0 Å². The maximum Gasteiger partial charge on any atom is 0.00103 e. The van der Waals surface area contributed by atoms with Crippen LogP contribution in [0.15, 0.2) is 0 Å². The van der Waals surface area contributed by atoms with Crippen molar-refractivity contribution in [1.82, 2.24) is 5.32 Å². The van der Waals surface area contributed by atoms with Gasteiger partial charge in [-0.3, -0.25) is 0 Å². The molecule has 0 bridgehead atoms. The molecule has 0 aliphatic carbocycles. The van der Waals surface area contributed by atoms with E-state index in [0.29, 0.717) is 6.04 Å². The second-order valence-corrected chi connectivity index (χ2v) is 2.46. The molecule has 0 unspecified atom stereocenters. The minimum Gasteiger partial charge on any atom is -1.00 e. The number of unbranched alkanes of at least 4 members (excludes halogenated alkanes) is 1. The highest BCUT2D eigenvalue weighted by Gasteiger charge is 1.87. The van der Waals surface area contributed by atoms with E-state index < -0.39 is 0 Å². The van der Waals surface area contributed by atoms with Crippen molar-refractivity contribution in [2.75, 3.05) is 6.54 Å². The summed E-state index contributed by atoms with van der Waals surface area (Å²) in [7, 11) is 0. The van der Waals surface area contributed by atoms with Crippen molar-refractivity contribution >= 4 is 0 Å². The lowest BCUT2D eigenvalue weighted by atomic mass is 10.3. The maximum absolute atomic E-state index is 3.35. The Bertz CT molecular complexity index is 46.2. The van der Waals surface area contributed by atoms with E-state index in [1.54, 1.807) is 0 Å². The molecule has 9 heavy (non-hydrogen) atoms. The number of hydrogen-bond donors (Lipinski definition) is 1. The van der Waals surface area contributed by atoms with E-state index in [0.717, 1.165) is 0 Å². The number of halogens is 1. The molecule has 0 atom stereocenters. The molecule has 0 heterocycles. The van der Waals surface area contributed by atoms with Crippen LogP contribution in [0.5, 0.6) is 0 Å².